The maximum Gasteiger partial charge on any atom is 0.0975 e. The van der Waals surface area contributed by atoms with Gasteiger partial charge in [0.05, 0.1) is 11.9 Å². The first-order chi connectivity index (χ1) is 8.16. The molecule has 0 amide bonds. The second kappa shape index (κ2) is 5.54. The number of amidine groups is 1. The zero-order valence-corrected chi connectivity index (χ0v) is 11.0. The van der Waals surface area contributed by atoms with Gasteiger partial charge in [0, 0.05) is 10.9 Å². The summed E-state index contributed by atoms with van der Waals surface area (Å²) in [4.78, 5) is 4.61. The summed E-state index contributed by atoms with van der Waals surface area (Å²) >= 11 is 5.87. The summed E-state index contributed by atoms with van der Waals surface area (Å²) in [5, 5.41) is 0.758. The molecule has 1 saturated carbocycles. The Labute approximate surface area is 108 Å². The highest BCUT2D eigenvalue weighted by atomic mass is 35.5. The molecule has 0 saturated heterocycles. The van der Waals surface area contributed by atoms with Crippen molar-refractivity contribution in [3.05, 3.63) is 34.9 Å². The monoisotopic (exact) mass is 250 g/mol. The van der Waals surface area contributed by atoms with E-state index in [1.165, 1.54) is 25.7 Å². The number of benzene rings is 1. The van der Waals surface area contributed by atoms with Gasteiger partial charge in [0.1, 0.15) is 0 Å². The van der Waals surface area contributed by atoms with Gasteiger partial charge in [-0.3, -0.25) is 4.99 Å². The molecule has 0 radical (unpaired) electrons. The molecule has 2 rings (SSSR count). The molecule has 1 unspecified atom stereocenters. The predicted octanol–water partition coefficient (Wildman–Crippen LogP) is 3.95. The summed E-state index contributed by atoms with van der Waals surface area (Å²) in [5.74, 6) is 1.33. The van der Waals surface area contributed by atoms with Crippen LogP contribution >= 0.6 is 11.6 Å². The molecule has 1 aromatic carbocycles. The zero-order chi connectivity index (χ0) is 12.3. The number of nitrogens with two attached hydrogens (primary N) is 1. The first kappa shape index (κ1) is 12.4. The minimum Gasteiger partial charge on any atom is -0.387 e. The average molecular weight is 251 g/mol. The minimum atomic E-state index is 0.118. The van der Waals surface area contributed by atoms with Crippen molar-refractivity contribution in [1.29, 1.82) is 0 Å². The first-order valence-electron chi connectivity index (χ1n) is 6.25. The molecule has 3 heteroatoms. The Balaban J connectivity index is 2.06. The molecule has 0 aliphatic heterocycles. The number of aliphatic imine (C=N–C) groups is 1. The standard InChI is InChI=1S/C14H19ClN2/c1-10(11-6-8-13(15)9-7-11)17-14(16)12-4-2-3-5-12/h6-10,12H,2-5H2,1H3,(H2,16,17). The summed E-state index contributed by atoms with van der Waals surface area (Å²) in [6, 6.07) is 7.94. The third-order valence-corrected chi connectivity index (χ3v) is 3.72. The summed E-state index contributed by atoms with van der Waals surface area (Å²) < 4.78 is 0. The summed E-state index contributed by atoms with van der Waals surface area (Å²) in [7, 11) is 0. The maximum atomic E-state index is 6.07. The number of halogens is 1. The summed E-state index contributed by atoms with van der Waals surface area (Å²) in [6.45, 7) is 2.07. The lowest BCUT2D eigenvalue weighted by Gasteiger charge is -2.12. The van der Waals surface area contributed by atoms with Gasteiger partial charge in [-0.2, -0.15) is 0 Å². The Hall–Kier alpha value is -1.02. The van der Waals surface area contributed by atoms with Crippen LogP contribution in [0, 0.1) is 5.92 Å². The molecule has 0 bridgehead atoms. The molecular formula is C14H19ClN2. The van der Waals surface area contributed by atoms with Crippen molar-refractivity contribution in [1.82, 2.24) is 0 Å². The van der Waals surface area contributed by atoms with E-state index in [1.54, 1.807) is 0 Å². The van der Waals surface area contributed by atoms with Crippen molar-refractivity contribution >= 4 is 17.4 Å². The average Bonchev–Trinajstić information content (AvgIpc) is 2.83. The van der Waals surface area contributed by atoms with E-state index in [0.717, 1.165) is 16.4 Å². The largest absolute Gasteiger partial charge is 0.387 e. The van der Waals surface area contributed by atoms with Gasteiger partial charge in [-0.05, 0) is 37.5 Å². The summed E-state index contributed by atoms with van der Waals surface area (Å²) in [5.41, 5.74) is 7.23. The van der Waals surface area contributed by atoms with Crippen LogP contribution in [0.3, 0.4) is 0 Å². The zero-order valence-electron chi connectivity index (χ0n) is 10.2. The first-order valence-corrected chi connectivity index (χ1v) is 6.63. The van der Waals surface area contributed by atoms with Crippen LogP contribution < -0.4 is 5.73 Å². The molecule has 2 N–H and O–H groups in total. The van der Waals surface area contributed by atoms with Crippen molar-refractivity contribution in [3.63, 3.8) is 0 Å². The smallest absolute Gasteiger partial charge is 0.0975 e. The van der Waals surface area contributed by atoms with E-state index in [0.29, 0.717) is 5.92 Å². The molecule has 0 aromatic heterocycles. The molecule has 92 valence electrons. The van der Waals surface area contributed by atoms with Crippen LogP contribution in [-0.4, -0.2) is 5.84 Å². The van der Waals surface area contributed by atoms with Crippen LogP contribution in [0.25, 0.3) is 0 Å². The lowest BCUT2D eigenvalue weighted by atomic mass is 10.1. The molecule has 1 aliphatic carbocycles. The van der Waals surface area contributed by atoms with Gasteiger partial charge >= 0.3 is 0 Å². The van der Waals surface area contributed by atoms with Gasteiger partial charge in [0.25, 0.3) is 0 Å². The second-order valence-corrected chi connectivity index (χ2v) is 5.20. The Morgan fingerprint density at radius 1 is 1.29 bits per heavy atom. The van der Waals surface area contributed by atoms with Crippen molar-refractivity contribution in [2.24, 2.45) is 16.6 Å². The molecule has 1 fully saturated rings. The number of nitrogens with zero attached hydrogens (tertiary/aromatic N) is 1. The third-order valence-electron chi connectivity index (χ3n) is 3.47. The highest BCUT2D eigenvalue weighted by molar-refractivity contribution is 6.30. The van der Waals surface area contributed by atoms with Crippen LogP contribution in [0.5, 0.6) is 0 Å². The Morgan fingerprint density at radius 3 is 2.47 bits per heavy atom. The molecule has 17 heavy (non-hydrogen) atoms. The lowest BCUT2D eigenvalue weighted by Crippen LogP contribution is -2.22. The molecular weight excluding hydrogens is 232 g/mol. The van der Waals surface area contributed by atoms with Crippen molar-refractivity contribution in [3.8, 4) is 0 Å². The topological polar surface area (TPSA) is 38.4 Å². The van der Waals surface area contributed by atoms with E-state index in [-0.39, 0.29) is 6.04 Å². The molecule has 2 nitrogen and oxygen atoms in total. The van der Waals surface area contributed by atoms with E-state index >= 15 is 0 Å². The predicted molar refractivity (Wildman–Crippen MR) is 73.4 cm³/mol. The fourth-order valence-electron chi connectivity index (χ4n) is 2.37. The number of hydrogen-bond donors (Lipinski definition) is 1. The van der Waals surface area contributed by atoms with Crippen molar-refractivity contribution in [2.45, 2.75) is 38.6 Å². The molecule has 1 atom stereocenters. The van der Waals surface area contributed by atoms with E-state index < -0.39 is 0 Å². The van der Waals surface area contributed by atoms with Crippen molar-refractivity contribution < 1.29 is 0 Å². The van der Waals surface area contributed by atoms with E-state index in [1.807, 2.05) is 24.3 Å². The SMILES string of the molecule is CC(N=C(N)C1CCCC1)c1ccc(Cl)cc1. The van der Waals surface area contributed by atoms with Gasteiger partial charge in [0.2, 0.25) is 0 Å². The highest BCUT2D eigenvalue weighted by Crippen LogP contribution is 2.26. The third kappa shape index (κ3) is 3.22. The van der Waals surface area contributed by atoms with Crippen molar-refractivity contribution in [2.75, 3.05) is 0 Å². The van der Waals surface area contributed by atoms with Gasteiger partial charge in [-0.25, -0.2) is 0 Å². The van der Waals surface area contributed by atoms with E-state index in [2.05, 4.69) is 11.9 Å². The van der Waals surface area contributed by atoms with Crippen LogP contribution in [0.2, 0.25) is 5.02 Å². The minimum absolute atomic E-state index is 0.118. The molecule has 0 heterocycles. The Kier molecular flexibility index (Phi) is 4.06. The van der Waals surface area contributed by atoms with Crippen LogP contribution in [-0.2, 0) is 0 Å². The highest BCUT2D eigenvalue weighted by Gasteiger charge is 2.19. The fraction of sp³-hybridized carbons (Fsp3) is 0.500. The number of hydrogen-bond acceptors (Lipinski definition) is 1. The molecule has 0 spiro atoms. The lowest BCUT2D eigenvalue weighted by molar-refractivity contribution is 0.699. The quantitative estimate of drug-likeness (QED) is 0.640. The van der Waals surface area contributed by atoms with E-state index in [4.69, 9.17) is 17.3 Å². The van der Waals surface area contributed by atoms with Gasteiger partial charge < -0.3 is 5.73 Å². The van der Waals surface area contributed by atoms with E-state index in [9.17, 15) is 0 Å². The van der Waals surface area contributed by atoms with Crippen LogP contribution in [0.15, 0.2) is 29.3 Å². The maximum absolute atomic E-state index is 6.07. The second-order valence-electron chi connectivity index (χ2n) is 4.76. The van der Waals surface area contributed by atoms with Crippen LogP contribution in [0.1, 0.15) is 44.2 Å². The van der Waals surface area contributed by atoms with Crippen LogP contribution in [0.4, 0.5) is 0 Å². The number of rotatable bonds is 3. The Morgan fingerprint density at radius 2 is 1.88 bits per heavy atom. The van der Waals surface area contributed by atoms with Gasteiger partial charge in [0.15, 0.2) is 0 Å². The fourth-order valence-corrected chi connectivity index (χ4v) is 2.49. The molecule has 1 aromatic rings. The molecule has 1 aliphatic rings. The Bertz CT molecular complexity index is 391. The normalized spacial score (nSPS) is 19.5. The van der Waals surface area contributed by atoms with Gasteiger partial charge in [-0.15, -0.1) is 0 Å². The van der Waals surface area contributed by atoms with Gasteiger partial charge in [-0.1, -0.05) is 36.6 Å². The summed E-state index contributed by atoms with van der Waals surface area (Å²) in [6.07, 6.45) is 4.97.